The molecule has 1 fully saturated rings. The van der Waals surface area contributed by atoms with Gasteiger partial charge in [-0.15, -0.1) is 10.2 Å². The van der Waals surface area contributed by atoms with Crippen LogP contribution in [0.5, 0.6) is 0 Å². The Kier molecular flexibility index (Phi) is 7.30. The van der Waals surface area contributed by atoms with E-state index in [0.717, 1.165) is 18.4 Å². The van der Waals surface area contributed by atoms with Gasteiger partial charge in [0, 0.05) is 18.2 Å². The number of nitrogens with zero attached hydrogens (tertiary/aromatic N) is 3. The highest BCUT2D eigenvalue weighted by molar-refractivity contribution is 7.99. The predicted molar refractivity (Wildman–Crippen MR) is 114 cm³/mol. The highest BCUT2D eigenvalue weighted by Gasteiger charge is 2.21. The van der Waals surface area contributed by atoms with Gasteiger partial charge in [-0.2, -0.15) is 0 Å². The van der Waals surface area contributed by atoms with Crippen molar-refractivity contribution in [3.8, 4) is 0 Å². The number of benzene rings is 1. The molecule has 2 N–H and O–H groups in total. The summed E-state index contributed by atoms with van der Waals surface area (Å²) >= 11 is 1.38. The third-order valence-electron chi connectivity index (χ3n) is 5.13. The second-order valence-corrected chi connectivity index (χ2v) is 8.43. The van der Waals surface area contributed by atoms with Gasteiger partial charge in [-0.05, 0) is 45.7 Å². The fourth-order valence-corrected chi connectivity index (χ4v) is 4.45. The fraction of sp³-hybridized carbons (Fsp3) is 0.524. The van der Waals surface area contributed by atoms with Gasteiger partial charge in [0.05, 0.1) is 11.8 Å². The lowest BCUT2D eigenvalue weighted by Gasteiger charge is -2.15. The van der Waals surface area contributed by atoms with Crippen molar-refractivity contribution in [3.63, 3.8) is 0 Å². The molecule has 156 valence electrons. The maximum absolute atomic E-state index is 12.5. The topological polar surface area (TPSA) is 88.9 Å². The molecule has 1 saturated carbocycles. The standard InChI is InChI=1S/C21H29N5O2S/c1-4-26-19(15(3)22-20(28)16-9-7-8-14(2)12-16)24-25-21(26)29-13-18(27)23-17-10-5-6-11-17/h7-9,12,15,17H,4-6,10-11,13H2,1-3H3,(H,22,28)(H,23,27)/t15-/m0/s1. The second-order valence-electron chi connectivity index (χ2n) is 7.49. The van der Waals surface area contributed by atoms with Crippen LogP contribution in [0.2, 0.25) is 0 Å². The third-order valence-corrected chi connectivity index (χ3v) is 6.10. The van der Waals surface area contributed by atoms with Crippen LogP contribution < -0.4 is 10.6 Å². The van der Waals surface area contributed by atoms with Crippen molar-refractivity contribution >= 4 is 23.6 Å². The van der Waals surface area contributed by atoms with Crippen molar-refractivity contribution in [1.82, 2.24) is 25.4 Å². The minimum atomic E-state index is -0.294. The molecule has 1 aromatic heterocycles. The van der Waals surface area contributed by atoms with Crippen molar-refractivity contribution < 1.29 is 9.59 Å². The fourth-order valence-electron chi connectivity index (χ4n) is 3.62. The number of hydrogen-bond acceptors (Lipinski definition) is 5. The van der Waals surface area contributed by atoms with Gasteiger partial charge in [0.1, 0.15) is 0 Å². The Morgan fingerprint density at radius 3 is 2.72 bits per heavy atom. The Morgan fingerprint density at radius 1 is 1.28 bits per heavy atom. The number of carbonyl (C=O) groups excluding carboxylic acids is 2. The van der Waals surface area contributed by atoms with Crippen LogP contribution in [0.3, 0.4) is 0 Å². The average molecular weight is 416 g/mol. The maximum Gasteiger partial charge on any atom is 0.251 e. The van der Waals surface area contributed by atoms with Crippen LogP contribution >= 0.6 is 11.8 Å². The number of nitrogens with one attached hydrogen (secondary N) is 2. The lowest BCUT2D eigenvalue weighted by molar-refractivity contribution is -0.119. The van der Waals surface area contributed by atoms with Gasteiger partial charge < -0.3 is 15.2 Å². The molecule has 1 aliphatic rings. The summed E-state index contributed by atoms with van der Waals surface area (Å²) in [7, 11) is 0. The molecule has 0 saturated heterocycles. The Labute approximate surface area is 176 Å². The largest absolute Gasteiger partial charge is 0.353 e. The summed E-state index contributed by atoms with van der Waals surface area (Å²) in [5.41, 5.74) is 1.66. The smallest absolute Gasteiger partial charge is 0.251 e. The highest BCUT2D eigenvalue weighted by Crippen LogP contribution is 2.22. The number of rotatable bonds is 8. The Morgan fingerprint density at radius 2 is 2.03 bits per heavy atom. The predicted octanol–water partition coefficient (Wildman–Crippen LogP) is 3.25. The van der Waals surface area contributed by atoms with Gasteiger partial charge in [0.15, 0.2) is 11.0 Å². The molecule has 2 amide bonds. The molecule has 1 atom stereocenters. The first-order valence-corrected chi connectivity index (χ1v) is 11.2. The zero-order chi connectivity index (χ0) is 20.8. The van der Waals surface area contributed by atoms with Gasteiger partial charge in [0.25, 0.3) is 5.91 Å². The molecule has 1 heterocycles. The van der Waals surface area contributed by atoms with Crippen molar-refractivity contribution in [1.29, 1.82) is 0 Å². The SMILES string of the molecule is CCn1c(SCC(=O)NC2CCCC2)nnc1[C@H](C)NC(=O)c1cccc(C)c1. The average Bonchev–Trinajstić information content (AvgIpc) is 3.35. The van der Waals surface area contributed by atoms with E-state index in [-0.39, 0.29) is 17.9 Å². The minimum absolute atomic E-state index is 0.0369. The Bertz CT molecular complexity index is 861. The van der Waals surface area contributed by atoms with Crippen LogP contribution in [0, 0.1) is 6.92 Å². The Hall–Kier alpha value is -2.35. The molecule has 0 aliphatic heterocycles. The monoisotopic (exact) mass is 415 g/mol. The van der Waals surface area contributed by atoms with Crippen LogP contribution in [-0.4, -0.2) is 38.4 Å². The molecule has 1 aromatic carbocycles. The highest BCUT2D eigenvalue weighted by atomic mass is 32.2. The summed E-state index contributed by atoms with van der Waals surface area (Å²) in [5.74, 6) is 0.901. The normalized spacial score (nSPS) is 15.3. The van der Waals surface area contributed by atoms with E-state index in [4.69, 9.17) is 0 Å². The van der Waals surface area contributed by atoms with Crippen LogP contribution in [0.25, 0.3) is 0 Å². The summed E-state index contributed by atoms with van der Waals surface area (Å²) < 4.78 is 1.95. The first-order chi connectivity index (χ1) is 14.0. The van der Waals surface area contributed by atoms with Crippen LogP contribution in [0.15, 0.2) is 29.4 Å². The lowest BCUT2D eigenvalue weighted by atomic mass is 10.1. The maximum atomic E-state index is 12.5. The molecule has 1 aliphatic carbocycles. The molecule has 7 nitrogen and oxygen atoms in total. The zero-order valence-corrected chi connectivity index (χ0v) is 18.1. The summed E-state index contributed by atoms with van der Waals surface area (Å²) in [4.78, 5) is 24.7. The van der Waals surface area contributed by atoms with Gasteiger partial charge in [-0.1, -0.05) is 42.3 Å². The summed E-state index contributed by atoms with van der Waals surface area (Å²) in [5, 5.41) is 15.3. The van der Waals surface area contributed by atoms with E-state index in [1.54, 1.807) is 6.07 Å². The number of thioether (sulfide) groups is 1. The molecule has 2 aromatic rings. The Balaban J connectivity index is 1.60. The molecule has 0 spiro atoms. The number of carbonyl (C=O) groups is 2. The molecule has 0 unspecified atom stereocenters. The van der Waals surface area contributed by atoms with Crippen LogP contribution in [0.4, 0.5) is 0 Å². The summed E-state index contributed by atoms with van der Waals surface area (Å²) in [6.07, 6.45) is 4.53. The summed E-state index contributed by atoms with van der Waals surface area (Å²) in [6, 6.07) is 7.51. The lowest BCUT2D eigenvalue weighted by Crippen LogP contribution is -2.33. The van der Waals surface area contributed by atoms with Gasteiger partial charge in [0.2, 0.25) is 5.91 Å². The molecule has 3 rings (SSSR count). The zero-order valence-electron chi connectivity index (χ0n) is 17.3. The van der Waals surface area contributed by atoms with E-state index in [2.05, 4.69) is 20.8 Å². The minimum Gasteiger partial charge on any atom is -0.353 e. The molecule has 0 radical (unpaired) electrons. The third kappa shape index (κ3) is 5.59. The van der Waals surface area contributed by atoms with E-state index >= 15 is 0 Å². The van der Waals surface area contributed by atoms with E-state index in [9.17, 15) is 9.59 Å². The van der Waals surface area contributed by atoms with Gasteiger partial charge in [-0.25, -0.2) is 0 Å². The molecular weight excluding hydrogens is 386 g/mol. The number of hydrogen-bond donors (Lipinski definition) is 2. The molecule has 29 heavy (non-hydrogen) atoms. The van der Waals surface area contributed by atoms with E-state index in [0.29, 0.717) is 34.9 Å². The van der Waals surface area contributed by atoms with Crippen LogP contribution in [-0.2, 0) is 11.3 Å². The van der Waals surface area contributed by atoms with Crippen molar-refractivity contribution in [2.24, 2.45) is 0 Å². The number of amides is 2. The van der Waals surface area contributed by atoms with Crippen molar-refractivity contribution in [3.05, 3.63) is 41.2 Å². The molecular formula is C21H29N5O2S. The number of aryl methyl sites for hydroxylation is 1. The number of aromatic nitrogens is 3. The van der Waals surface area contributed by atoms with Crippen LogP contribution in [0.1, 0.15) is 67.3 Å². The van der Waals surface area contributed by atoms with Gasteiger partial charge in [-0.3, -0.25) is 9.59 Å². The molecule has 8 heteroatoms. The molecule has 0 bridgehead atoms. The van der Waals surface area contributed by atoms with E-state index < -0.39 is 0 Å². The van der Waals surface area contributed by atoms with Gasteiger partial charge >= 0.3 is 0 Å². The second kappa shape index (κ2) is 9.91. The van der Waals surface area contributed by atoms with Crippen molar-refractivity contribution in [2.75, 3.05) is 5.75 Å². The first kappa shape index (κ1) is 21.4. The van der Waals surface area contributed by atoms with E-state index in [1.165, 1.54) is 24.6 Å². The first-order valence-electron chi connectivity index (χ1n) is 10.2. The van der Waals surface area contributed by atoms with E-state index in [1.807, 2.05) is 43.5 Å². The quantitative estimate of drug-likeness (QED) is 0.646. The summed E-state index contributed by atoms with van der Waals surface area (Å²) in [6.45, 7) is 6.52. The van der Waals surface area contributed by atoms with Crippen molar-refractivity contribution in [2.45, 2.75) is 70.2 Å².